The van der Waals surface area contributed by atoms with Gasteiger partial charge in [0, 0.05) is 6.04 Å². The summed E-state index contributed by atoms with van der Waals surface area (Å²) in [5.74, 6) is 0.209. The molecule has 0 saturated heterocycles. The van der Waals surface area contributed by atoms with Crippen molar-refractivity contribution in [2.45, 2.75) is 24.8 Å². The molecule has 0 radical (unpaired) electrons. The molecule has 1 aliphatic carbocycles. The molecule has 0 fully saturated rings. The van der Waals surface area contributed by atoms with Crippen LogP contribution in [0.5, 0.6) is 0 Å². The number of fused-ring (bicyclic) bond motifs is 1. The first kappa shape index (κ1) is 13.6. The minimum Gasteiger partial charge on any atom is -0.313 e. The third kappa shape index (κ3) is 2.46. The van der Waals surface area contributed by atoms with Crippen molar-refractivity contribution in [3.63, 3.8) is 0 Å². The van der Waals surface area contributed by atoms with Gasteiger partial charge >= 0.3 is 0 Å². The molecule has 2 unspecified atom stereocenters. The van der Waals surface area contributed by atoms with Crippen molar-refractivity contribution in [2.75, 3.05) is 7.05 Å². The molecule has 3 heteroatoms. The van der Waals surface area contributed by atoms with E-state index in [4.69, 9.17) is 11.6 Å². The predicted molar refractivity (Wildman–Crippen MR) is 80.7 cm³/mol. The molecule has 0 spiro atoms. The van der Waals surface area contributed by atoms with Gasteiger partial charge in [-0.25, -0.2) is 4.39 Å². The van der Waals surface area contributed by atoms with E-state index in [9.17, 15) is 4.39 Å². The van der Waals surface area contributed by atoms with Crippen molar-refractivity contribution >= 4 is 11.6 Å². The predicted octanol–water partition coefficient (Wildman–Crippen LogP) is 4.47. The Morgan fingerprint density at radius 3 is 2.80 bits per heavy atom. The van der Waals surface area contributed by atoms with Gasteiger partial charge in [-0.3, -0.25) is 0 Å². The molecule has 3 rings (SSSR count). The zero-order valence-electron chi connectivity index (χ0n) is 11.4. The van der Waals surface area contributed by atoms with Crippen LogP contribution in [0.15, 0.2) is 42.5 Å². The van der Waals surface area contributed by atoms with Crippen LogP contribution < -0.4 is 5.32 Å². The van der Waals surface area contributed by atoms with E-state index >= 15 is 0 Å². The van der Waals surface area contributed by atoms with Crippen molar-refractivity contribution in [1.29, 1.82) is 0 Å². The third-order valence-corrected chi connectivity index (χ3v) is 4.48. The molecule has 1 aliphatic rings. The van der Waals surface area contributed by atoms with Crippen molar-refractivity contribution in [3.05, 3.63) is 70.0 Å². The van der Waals surface area contributed by atoms with Crippen molar-refractivity contribution in [3.8, 4) is 0 Å². The Hall–Kier alpha value is -1.38. The van der Waals surface area contributed by atoms with Gasteiger partial charge in [0.15, 0.2) is 0 Å². The number of hydrogen-bond donors (Lipinski definition) is 1. The molecule has 0 amide bonds. The van der Waals surface area contributed by atoms with Crippen molar-refractivity contribution in [2.24, 2.45) is 0 Å². The zero-order valence-corrected chi connectivity index (χ0v) is 12.1. The molecule has 20 heavy (non-hydrogen) atoms. The summed E-state index contributed by atoms with van der Waals surface area (Å²) >= 11 is 5.74. The van der Waals surface area contributed by atoms with Gasteiger partial charge in [0.1, 0.15) is 5.82 Å². The molecule has 2 atom stereocenters. The molecule has 0 aromatic heterocycles. The molecule has 1 N–H and O–H groups in total. The van der Waals surface area contributed by atoms with Gasteiger partial charge in [-0.2, -0.15) is 0 Å². The fourth-order valence-electron chi connectivity index (χ4n) is 3.01. The van der Waals surface area contributed by atoms with E-state index in [0.717, 1.165) is 18.4 Å². The maximum absolute atomic E-state index is 13.6. The van der Waals surface area contributed by atoms with Gasteiger partial charge in [0.25, 0.3) is 0 Å². The van der Waals surface area contributed by atoms with Gasteiger partial charge in [-0.05, 0) is 54.6 Å². The van der Waals surface area contributed by atoms with Crippen LogP contribution in [0.3, 0.4) is 0 Å². The summed E-state index contributed by atoms with van der Waals surface area (Å²) in [6.45, 7) is 0. The molecule has 104 valence electrons. The largest absolute Gasteiger partial charge is 0.313 e. The average Bonchev–Trinajstić information content (AvgIpc) is 2.44. The minimum absolute atomic E-state index is 0.153. The lowest BCUT2D eigenvalue weighted by Gasteiger charge is -2.33. The van der Waals surface area contributed by atoms with Gasteiger partial charge in [0.05, 0.1) is 5.02 Å². The van der Waals surface area contributed by atoms with Gasteiger partial charge < -0.3 is 5.32 Å². The Bertz CT molecular complexity index is 626. The quantitative estimate of drug-likeness (QED) is 0.876. The van der Waals surface area contributed by atoms with Gasteiger partial charge in [-0.1, -0.05) is 41.9 Å². The van der Waals surface area contributed by atoms with E-state index in [1.807, 2.05) is 13.1 Å². The maximum Gasteiger partial charge on any atom is 0.142 e. The fourth-order valence-corrected chi connectivity index (χ4v) is 3.12. The number of nitrogens with one attached hydrogen (secondary N) is 1. The van der Waals surface area contributed by atoms with Crippen LogP contribution >= 0.6 is 11.6 Å². The zero-order chi connectivity index (χ0) is 14.1. The first-order valence-corrected chi connectivity index (χ1v) is 7.27. The highest BCUT2D eigenvalue weighted by atomic mass is 35.5. The van der Waals surface area contributed by atoms with Gasteiger partial charge in [-0.15, -0.1) is 0 Å². The standard InChI is InChI=1S/C17H17ClFN/c1-20-17(12-6-7-15(18)16(19)9-12)10-13-8-11-4-2-3-5-14(11)13/h2-7,9,13,17,20H,8,10H2,1H3. The summed E-state index contributed by atoms with van der Waals surface area (Å²) in [5, 5.41) is 3.46. The Labute approximate surface area is 123 Å². The van der Waals surface area contributed by atoms with E-state index < -0.39 is 0 Å². The maximum atomic E-state index is 13.6. The van der Waals surface area contributed by atoms with Crippen LogP contribution in [0.25, 0.3) is 0 Å². The highest BCUT2D eigenvalue weighted by Crippen LogP contribution is 2.40. The van der Waals surface area contributed by atoms with E-state index in [2.05, 4.69) is 29.6 Å². The second-order valence-electron chi connectivity index (χ2n) is 5.35. The summed E-state index contributed by atoms with van der Waals surface area (Å²) < 4.78 is 13.6. The Kier molecular flexibility index (Phi) is 3.77. The number of hydrogen-bond acceptors (Lipinski definition) is 1. The van der Waals surface area contributed by atoms with Crippen LogP contribution in [0.4, 0.5) is 4.39 Å². The van der Waals surface area contributed by atoms with E-state index in [1.54, 1.807) is 6.07 Å². The normalized spacial score (nSPS) is 18.2. The number of rotatable bonds is 4. The second kappa shape index (κ2) is 5.55. The van der Waals surface area contributed by atoms with E-state index in [1.165, 1.54) is 17.2 Å². The Morgan fingerprint density at radius 1 is 1.30 bits per heavy atom. The molecule has 2 aromatic rings. The van der Waals surface area contributed by atoms with E-state index in [-0.39, 0.29) is 16.9 Å². The minimum atomic E-state index is -0.349. The van der Waals surface area contributed by atoms with Crippen LogP contribution in [-0.4, -0.2) is 7.05 Å². The second-order valence-corrected chi connectivity index (χ2v) is 5.76. The number of halogens is 2. The SMILES string of the molecule is CNC(CC1Cc2ccccc21)c1ccc(Cl)c(F)c1. The first-order valence-electron chi connectivity index (χ1n) is 6.89. The lowest BCUT2D eigenvalue weighted by atomic mass is 9.74. The van der Waals surface area contributed by atoms with Gasteiger partial charge in [0.2, 0.25) is 0 Å². The Morgan fingerprint density at radius 2 is 2.10 bits per heavy atom. The van der Waals surface area contributed by atoms with Crippen molar-refractivity contribution < 1.29 is 4.39 Å². The highest BCUT2D eigenvalue weighted by molar-refractivity contribution is 6.30. The molecule has 0 bridgehead atoms. The smallest absolute Gasteiger partial charge is 0.142 e. The first-order chi connectivity index (χ1) is 9.69. The summed E-state index contributed by atoms with van der Waals surface area (Å²) in [4.78, 5) is 0. The van der Waals surface area contributed by atoms with Crippen LogP contribution in [0, 0.1) is 5.82 Å². The average molecular weight is 290 g/mol. The molecule has 0 saturated carbocycles. The molecule has 0 heterocycles. The topological polar surface area (TPSA) is 12.0 Å². The highest BCUT2D eigenvalue weighted by Gasteiger charge is 2.28. The lowest BCUT2D eigenvalue weighted by Crippen LogP contribution is -2.25. The lowest BCUT2D eigenvalue weighted by molar-refractivity contribution is 0.450. The van der Waals surface area contributed by atoms with Crippen molar-refractivity contribution in [1.82, 2.24) is 5.32 Å². The Balaban J connectivity index is 1.77. The van der Waals surface area contributed by atoms with Crippen LogP contribution in [-0.2, 0) is 6.42 Å². The van der Waals surface area contributed by atoms with E-state index in [0.29, 0.717) is 5.92 Å². The molecular weight excluding hydrogens is 273 g/mol. The summed E-state index contributed by atoms with van der Waals surface area (Å²) in [5.41, 5.74) is 3.83. The molecular formula is C17H17ClFN. The fraction of sp³-hybridized carbons (Fsp3) is 0.294. The molecule has 1 nitrogen and oxygen atoms in total. The molecule has 2 aromatic carbocycles. The summed E-state index contributed by atoms with van der Waals surface area (Å²) in [6, 6.07) is 13.8. The summed E-state index contributed by atoms with van der Waals surface area (Å²) in [6.07, 6.45) is 2.10. The third-order valence-electron chi connectivity index (χ3n) is 4.18. The molecule has 0 aliphatic heterocycles. The van der Waals surface area contributed by atoms with Crippen LogP contribution in [0.1, 0.15) is 35.1 Å². The monoisotopic (exact) mass is 289 g/mol. The summed E-state index contributed by atoms with van der Waals surface area (Å²) in [7, 11) is 1.92. The number of benzene rings is 2. The van der Waals surface area contributed by atoms with Crippen LogP contribution in [0.2, 0.25) is 5.02 Å².